The molecule has 1 fully saturated rings. The van der Waals surface area contributed by atoms with E-state index in [1.54, 1.807) is 0 Å². The summed E-state index contributed by atoms with van der Waals surface area (Å²) in [5.41, 5.74) is 2.29. The van der Waals surface area contributed by atoms with Gasteiger partial charge in [0.25, 0.3) is 0 Å². The van der Waals surface area contributed by atoms with Gasteiger partial charge < -0.3 is 9.84 Å². The van der Waals surface area contributed by atoms with Crippen molar-refractivity contribution in [2.24, 2.45) is 5.92 Å². The molecule has 0 radical (unpaired) electrons. The molecule has 1 saturated heterocycles. The minimum atomic E-state index is 0.552. The minimum Gasteiger partial charge on any atom is -0.361 e. The second kappa shape index (κ2) is 6.53. The second-order valence-electron chi connectivity index (χ2n) is 6.04. The number of piperidine rings is 1. The van der Waals surface area contributed by atoms with Crippen LogP contribution >= 0.6 is 0 Å². The molecule has 2 rings (SSSR count). The van der Waals surface area contributed by atoms with Gasteiger partial charge in [-0.25, -0.2) is 0 Å². The quantitative estimate of drug-likeness (QED) is 0.888. The van der Waals surface area contributed by atoms with Crippen LogP contribution < -0.4 is 5.32 Å². The van der Waals surface area contributed by atoms with Crippen LogP contribution in [0.5, 0.6) is 0 Å². The maximum atomic E-state index is 5.28. The number of aromatic nitrogens is 1. The maximum Gasteiger partial charge on any atom is 0.138 e. The zero-order valence-corrected chi connectivity index (χ0v) is 12.7. The van der Waals surface area contributed by atoms with Gasteiger partial charge in [-0.05, 0) is 59.5 Å². The monoisotopic (exact) mass is 265 g/mol. The van der Waals surface area contributed by atoms with Gasteiger partial charge in [-0.2, -0.15) is 0 Å². The van der Waals surface area contributed by atoms with Crippen molar-refractivity contribution < 1.29 is 4.52 Å². The summed E-state index contributed by atoms with van der Waals surface area (Å²) in [5, 5.41) is 7.56. The summed E-state index contributed by atoms with van der Waals surface area (Å²) < 4.78 is 5.28. The van der Waals surface area contributed by atoms with E-state index in [0.29, 0.717) is 6.04 Å². The van der Waals surface area contributed by atoms with Crippen molar-refractivity contribution in [3.05, 3.63) is 17.0 Å². The second-order valence-corrected chi connectivity index (χ2v) is 6.04. The lowest BCUT2D eigenvalue weighted by Gasteiger charge is -2.32. The Morgan fingerprint density at radius 1 is 1.42 bits per heavy atom. The Bertz CT molecular complexity index is 375. The topological polar surface area (TPSA) is 41.3 Å². The van der Waals surface area contributed by atoms with Gasteiger partial charge >= 0.3 is 0 Å². The van der Waals surface area contributed by atoms with Crippen LogP contribution in [0.4, 0.5) is 0 Å². The van der Waals surface area contributed by atoms with Crippen LogP contribution in [0.15, 0.2) is 4.52 Å². The van der Waals surface area contributed by atoms with E-state index in [0.717, 1.165) is 37.0 Å². The molecule has 1 N–H and O–H groups in total. The molecule has 0 aromatic carbocycles. The normalized spacial score (nSPS) is 20.4. The zero-order valence-electron chi connectivity index (χ0n) is 12.7. The van der Waals surface area contributed by atoms with Gasteiger partial charge in [0.05, 0.1) is 5.69 Å². The molecule has 1 unspecified atom stereocenters. The fourth-order valence-corrected chi connectivity index (χ4v) is 2.80. The summed E-state index contributed by atoms with van der Waals surface area (Å²) in [4.78, 5) is 2.55. The molecule has 0 spiro atoms. The Balaban J connectivity index is 1.99. The Morgan fingerprint density at radius 3 is 2.74 bits per heavy atom. The number of hydrogen-bond acceptors (Lipinski definition) is 4. The van der Waals surface area contributed by atoms with E-state index in [2.05, 4.69) is 29.2 Å². The van der Waals surface area contributed by atoms with Gasteiger partial charge in [-0.15, -0.1) is 0 Å². The highest BCUT2D eigenvalue weighted by Crippen LogP contribution is 2.19. The lowest BCUT2D eigenvalue weighted by Crippen LogP contribution is -2.40. The van der Waals surface area contributed by atoms with Gasteiger partial charge in [0.2, 0.25) is 0 Å². The lowest BCUT2D eigenvalue weighted by atomic mass is 9.98. The number of nitrogens with zero attached hydrogens (tertiary/aromatic N) is 2. The molecule has 0 bridgehead atoms. The largest absolute Gasteiger partial charge is 0.361 e. The summed E-state index contributed by atoms with van der Waals surface area (Å²) in [6, 6.07) is 0.552. The summed E-state index contributed by atoms with van der Waals surface area (Å²) in [6.45, 7) is 13.0. The van der Waals surface area contributed by atoms with Crippen LogP contribution in [0.25, 0.3) is 0 Å². The molecule has 4 heteroatoms. The van der Waals surface area contributed by atoms with Gasteiger partial charge in [0, 0.05) is 24.7 Å². The van der Waals surface area contributed by atoms with Crippen molar-refractivity contribution in [2.45, 2.75) is 53.1 Å². The smallest absolute Gasteiger partial charge is 0.138 e. The third-order valence-corrected chi connectivity index (χ3v) is 4.16. The number of nitrogens with one attached hydrogen (secondary N) is 1. The van der Waals surface area contributed by atoms with Gasteiger partial charge in [-0.1, -0.05) is 5.16 Å². The minimum absolute atomic E-state index is 0.552. The summed E-state index contributed by atoms with van der Waals surface area (Å²) in [5.74, 6) is 1.74. The van der Waals surface area contributed by atoms with Crippen molar-refractivity contribution in [1.29, 1.82) is 0 Å². The van der Waals surface area contributed by atoms with Crippen molar-refractivity contribution in [3.8, 4) is 0 Å². The Hall–Kier alpha value is -0.870. The Morgan fingerprint density at radius 2 is 2.21 bits per heavy atom. The van der Waals surface area contributed by atoms with E-state index < -0.39 is 0 Å². The molecule has 1 aromatic rings. The van der Waals surface area contributed by atoms with Crippen LogP contribution in [-0.2, 0) is 6.54 Å². The zero-order chi connectivity index (χ0) is 13.8. The lowest BCUT2D eigenvalue weighted by molar-refractivity contribution is 0.163. The molecule has 1 atom stereocenters. The van der Waals surface area contributed by atoms with Gasteiger partial charge in [0.1, 0.15) is 5.76 Å². The van der Waals surface area contributed by atoms with Crippen LogP contribution in [0.1, 0.15) is 43.7 Å². The van der Waals surface area contributed by atoms with Crippen molar-refractivity contribution in [3.63, 3.8) is 0 Å². The molecule has 1 aliphatic heterocycles. The summed E-state index contributed by atoms with van der Waals surface area (Å²) >= 11 is 0. The molecule has 0 saturated carbocycles. The highest BCUT2D eigenvalue weighted by Gasteiger charge is 2.21. The molecule has 1 aliphatic rings. The van der Waals surface area contributed by atoms with Crippen molar-refractivity contribution in [2.75, 3.05) is 19.6 Å². The predicted octanol–water partition coefficient (Wildman–Crippen LogP) is 2.50. The standard InChI is InChI=1S/C15H27N3O/c1-11(2)18(9-14-6-5-7-16-8-14)10-15-12(3)17-19-13(15)4/h11,14,16H,5-10H2,1-4H3. The number of hydrogen-bond donors (Lipinski definition) is 1. The van der Waals surface area contributed by atoms with Gasteiger partial charge in [-0.3, -0.25) is 4.90 Å². The first-order valence-electron chi connectivity index (χ1n) is 7.44. The van der Waals surface area contributed by atoms with E-state index in [4.69, 9.17) is 4.52 Å². The Labute approximate surface area is 116 Å². The molecular formula is C15H27N3O. The molecular weight excluding hydrogens is 238 g/mol. The van der Waals surface area contributed by atoms with Crippen LogP contribution in [0.3, 0.4) is 0 Å². The molecule has 1 aromatic heterocycles. The molecule has 19 heavy (non-hydrogen) atoms. The maximum absolute atomic E-state index is 5.28. The molecule has 0 aliphatic carbocycles. The molecule has 4 nitrogen and oxygen atoms in total. The van der Waals surface area contributed by atoms with Crippen molar-refractivity contribution >= 4 is 0 Å². The van der Waals surface area contributed by atoms with E-state index in [1.807, 2.05) is 13.8 Å². The average molecular weight is 265 g/mol. The fraction of sp³-hybridized carbons (Fsp3) is 0.800. The first-order valence-corrected chi connectivity index (χ1v) is 7.44. The first kappa shape index (κ1) is 14.5. The average Bonchev–Trinajstić information content (AvgIpc) is 2.70. The third kappa shape index (κ3) is 3.80. The predicted molar refractivity (Wildman–Crippen MR) is 77.1 cm³/mol. The van der Waals surface area contributed by atoms with E-state index >= 15 is 0 Å². The number of rotatable bonds is 5. The van der Waals surface area contributed by atoms with Crippen LogP contribution in [-0.4, -0.2) is 35.7 Å². The van der Waals surface area contributed by atoms with E-state index in [9.17, 15) is 0 Å². The van der Waals surface area contributed by atoms with E-state index in [1.165, 1.54) is 24.9 Å². The molecule has 0 amide bonds. The summed E-state index contributed by atoms with van der Waals surface area (Å²) in [6.07, 6.45) is 2.65. The van der Waals surface area contributed by atoms with Crippen LogP contribution in [0.2, 0.25) is 0 Å². The first-order chi connectivity index (χ1) is 9.08. The van der Waals surface area contributed by atoms with E-state index in [-0.39, 0.29) is 0 Å². The van der Waals surface area contributed by atoms with Gasteiger partial charge in [0.15, 0.2) is 0 Å². The third-order valence-electron chi connectivity index (χ3n) is 4.16. The highest BCUT2D eigenvalue weighted by atomic mass is 16.5. The Kier molecular flexibility index (Phi) is 4.99. The molecule has 2 heterocycles. The van der Waals surface area contributed by atoms with Crippen LogP contribution in [0, 0.1) is 19.8 Å². The molecule has 108 valence electrons. The summed E-state index contributed by atoms with van der Waals surface area (Å²) in [7, 11) is 0. The SMILES string of the molecule is Cc1noc(C)c1CN(CC1CCCNC1)C(C)C. The number of aryl methyl sites for hydroxylation is 2. The highest BCUT2D eigenvalue weighted by molar-refractivity contribution is 5.20. The fourth-order valence-electron chi connectivity index (χ4n) is 2.80. The van der Waals surface area contributed by atoms with Crippen molar-refractivity contribution in [1.82, 2.24) is 15.4 Å².